The van der Waals surface area contributed by atoms with Crippen LogP contribution in [0.15, 0.2) is 26.6 Å². The maximum absolute atomic E-state index is 13.0. The van der Waals surface area contributed by atoms with E-state index in [4.69, 9.17) is 14.5 Å². The molecule has 0 bridgehead atoms. The van der Waals surface area contributed by atoms with Gasteiger partial charge in [-0.1, -0.05) is 6.92 Å². The summed E-state index contributed by atoms with van der Waals surface area (Å²) in [6.45, 7) is 3.49. The van der Waals surface area contributed by atoms with Gasteiger partial charge in [0.1, 0.15) is 6.17 Å². The molecule has 4 rings (SSSR count). The highest BCUT2D eigenvalue weighted by molar-refractivity contribution is 6.12. The van der Waals surface area contributed by atoms with Gasteiger partial charge in [-0.2, -0.15) is 0 Å². The quantitative estimate of drug-likeness (QED) is 0.740. The maximum atomic E-state index is 13.0. The Labute approximate surface area is 159 Å². The Morgan fingerprint density at radius 3 is 2.74 bits per heavy atom. The van der Waals surface area contributed by atoms with Gasteiger partial charge in [-0.05, 0) is 12.3 Å². The summed E-state index contributed by atoms with van der Waals surface area (Å²) in [4.78, 5) is 30.8. The van der Waals surface area contributed by atoms with Crippen molar-refractivity contribution in [2.24, 2.45) is 32.7 Å². The summed E-state index contributed by atoms with van der Waals surface area (Å²) < 4.78 is 10.7. The molecule has 27 heavy (non-hydrogen) atoms. The van der Waals surface area contributed by atoms with Gasteiger partial charge in [0.2, 0.25) is 5.91 Å². The number of likely N-dealkylation sites (N-methyl/N-ethyl adjacent to an activating group) is 1. The molecule has 5 atom stereocenters. The lowest BCUT2D eigenvalue weighted by atomic mass is 9.79. The summed E-state index contributed by atoms with van der Waals surface area (Å²) >= 11 is 0. The van der Waals surface area contributed by atoms with E-state index in [-0.39, 0.29) is 35.9 Å². The normalized spacial score (nSPS) is 35.6. The summed E-state index contributed by atoms with van der Waals surface area (Å²) in [5.41, 5.74) is 1.00. The van der Waals surface area contributed by atoms with Crippen LogP contribution >= 0.6 is 0 Å². The van der Waals surface area contributed by atoms with Crippen LogP contribution < -0.4 is 0 Å². The second-order valence-electron chi connectivity index (χ2n) is 7.81. The fourth-order valence-electron chi connectivity index (χ4n) is 4.55. The Morgan fingerprint density at radius 2 is 2.07 bits per heavy atom. The van der Waals surface area contributed by atoms with E-state index < -0.39 is 0 Å². The second-order valence-corrected chi connectivity index (χ2v) is 7.81. The summed E-state index contributed by atoms with van der Waals surface area (Å²) in [7, 11) is 5.22. The van der Waals surface area contributed by atoms with E-state index in [1.165, 1.54) is 0 Å². The van der Waals surface area contributed by atoms with E-state index in [9.17, 15) is 4.79 Å². The van der Waals surface area contributed by atoms with E-state index in [0.29, 0.717) is 12.4 Å². The number of hydrogen-bond donors (Lipinski definition) is 0. The van der Waals surface area contributed by atoms with Crippen LogP contribution in [-0.2, 0) is 14.3 Å². The highest BCUT2D eigenvalue weighted by atomic mass is 16.5. The predicted octanol–water partition coefficient (Wildman–Crippen LogP) is 1.15. The van der Waals surface area contributed by atoms with Crippen LogP contribution in [0.1, 0.15) is 19.8 Å². The number of aliphatic imine (C=N–C) groups is 3. The number of nitrogens with zero attached hydrogens (tertiary/aromatic N) is 5. The van der Waals surface area contributed by atoms with E-state index in [1.54, 1.807) is 20.6 Å². The first-order valence-corrected chi connectivity index (χ1v) is 9.47. The van der Waals surface area contributed by atoms with Crippen molar-refractivity contribution in [2.45, 2.75) is 32.0 Å². The zero-order valence-electron chi connectivity index (χ0n) is 16.3. The van der Waals surface area contributed by atoms with Crippen LogP contribution in [0.4, 0.5) is 0 Å². The number of methoxy groups -OCH3 is 2. The molecule has 0 aromatic heterocycles. The van der Waals surface area contributed by atoms with E-state index >= 15 is 0 Å². The molecule has 0 radical (unpaired) electrons. The van der Waals surface area contributed by atoms with Gasteiger partial charge in [0.25, 0.3) is 5.88 Å². The number of amides is 1. The summed E-state index contributed by atoms with van der Waals surface area (Å²) in [6.07, 6.45) is 5.23. The number of hydrogen-bond acceptors (Lipinski definition) is 7. The molecule has 0 saturated carbocycles. The van der Waals surface area contributed by atoms with E-state index in [0.717, 1.165) is 30.9 Å². The number of ether oxygens (including phenoxy) is 2. The Hall–Kier alpha value is -2.38. The van der Waals surface area contributed by atoms with Gasteiger partial charge < -0.3 is 19.3 Å². The molecule has 0 N–H and O–H groups in total. The van der Waals surface area contributed by atoms with Crippen molar-refractivity contribution in [2.75, 3.05) is 34.4 Å². The van der Waals surface area contributed by atoms with Gasteiger partial charge in [-0.25, -0.2) is 9.98 Å². The highest BCUT2D eigenvalue weighted by Gasteiger charge is 2.47. The number of rotatable bonds is 4. The molecule has 4 heterocycles. The first-order valence-electron chi connectivity index (χ1n) is 9.47. The molecule has 0 aromatic rings. The smallest absolute Gasteiger partial charge is 0.251 e. The third kappa shape index (κ3) is 3.11. The first kappa shape index (κ1) is 18.0. The van der Waals surface area contributed by atoms with Crippen LogP contribution in [0.2, 0.25) is 0 Å². The Bertz CT molecular complexity index is 744. The molecule has 1 fully saturated rings. The Balaban J connectivity index is 1.53. The lowest BCUT2D eigenvalue weighted by molar-refractivity contribution is -0.133. The Morgan fingerprint density at radius 1 is 1.26 bits per heavy atom. The van der Waals surface area contributed by atoms with Crippen molar-refractivity contribution in [3.8, 4) is 0 Å². The third-order valence-corrected chi connectivity index (χ3v) is 5.98. The molecular weight excluding hydrogens is 346 g/mol. The SMILES string of the molecule is COC1=C(OC)N=CC(C2CC(C)C3C(=O)N(C4CN(C)C=N4)CC3=N2)C1. The molecule has 5 unspecified atom stereocenters. The minimum absolute atomic E-state index is 0.0926. The number of carbonyl (C=O) groups excluding carboxylic acids is 1. The molecule has 0 spiro atoms. The largest absolute Gasteiger partial charge is 0.495 e. The minimum atomic E-state index is -0.102. The molecule has 8 heteroatoms. The molecule has 4 aliphatic rings. The summed E-state index contributed by atoms with van der Waals surface area (Å²) in [5.74, 6) is 1.79. The molecule has 1 amide bonds. The van der Waals surface area contributed by atoms with Crippen molar-refractivity contribution in [3.63, 3.8) is 0 Å². The van der Waals surface area contributed by atoms with Crippen molar-refractivity contribution in [1.82, 2.24) is 9.80 Å². The monoisotopic (exact) mass is 373 g/mol. The molecule has 146 valence electrons. The minimum Gasteiger partial charge on any atom is -0.495 e. The molecule has 0 aliphatic carbocycles. The molecule has 8 nitrogen and oxygen atoms in total. The van der Waals surface area contributed by atoms with Crippen molar-refractivity contribution < 1.29 is 14.3 Å². The zero-order valence-corrected chi connectivity index (χ0v) is 16.3. The molecular formula is C19H27N5O3. The number of likely N-dealkylation sites (tertiary alicyclic amines) is 1. The Kier molecular flexibility index (Phi) is 4.65. The maximum Gasteiger partial charge on any atom is 0.251 e. The van der Waals surface area contributed by atoms with Gasteiger partial charge in [-0.3, -0.25) is 9.79 Å². The van der Waals surface area contributed by atoms with Gasteiger partial charge in [0, 0.05) is 31.3 Å². The fraction of sp³-hybridized carbons (Fsp3) is 0.684. The second kappa shape index (κ2) is 6.98. The van der Waals surface area contributed by atoms with Crippen molar-refractivity contribution in [3.05, 3.63) is 11.6 Å². The summed E-state index contributed by atoms with van der Waals surface area (Å²) in [6, 6.07) is 0.112. The van der Waals surface area contributed by atoms with E-state index in [2.05, 4.69) is 16.9 Å². The fourth-order valence-corrected chi connectivity index (χ4v) is 4.55. The van der Waals surface area contributed by atoms with E-state index in [1.807, 2.05) is 23.1 Å². The van der Waals surface area contributed by atoms with Gasteiger partial charge in [0.05, 0.1) is 45.6 Å². The predicted molar refractivity (Wildman–Crippen MR) is 103 cm³/mol. The van der Waals surface area contributed by atoms with Crippen LogP contribution in [0.5, 0.6) is 0 Å². The number of fused-ring (bicyclic) bond motifs is 1. The molecule has 0 aromatic carbocycles. The average molecular weight is 373 g/mol. The highest BCUT2D eigenvalue weighted by Crippen LogP contribution is 2.37. The topological polar surface area (TPSA) is 79.1 Å². The van der Waals surface area contributed by atoms with Crippen molar-refractivity contribution in [1.29, 1.82) is 0 Å². The van der Waals surface area contributed by atoms with Crippen LogP contribution in [0.25, 0.3) is 0 Å². The standard InChI is InChI=1S/C19H27N5O3/c1-11-5-13(12-6-15(26-3)18(27-4)20-7-12)22-14-8-24(19(25)17(11)14)16-9-23(2)10-21-16/h7,10-13,16-17H,5-6,8-9H2,1-4H3. The average Bonchev–Trinajstić information content (AvgIpc) is 3.24. The van der Waals surface area contributed by atoms with Crippen LogP contribution in [-0.4, -0.2) is 80.5 Å². The van der Waals surface area contributed by atoms with Gasteiger partial charge in [-0.15, -0.1) is 0 Å². The molecule has 1 saturated heterocycles. The van der Waals surface area contributed by atoms with Crippen LogP contribution in [0.3, 0.4) is 0 Å². The number of allylic oxidation sites excluding steroid dienone is 1. The lowest BCUT2D eigenvalue weighted by Gasteiger charge is -2.32. The van der Waals surface area contributed by atoms with Crippen LogP contribution in [0, 0.1) is 17.8 Å². The first-order chi connectivity index (χ1) is 13.0. The summed E-state index contributed by atoms with van der Waals surface area (Å²) in [5, 5.41) is 0. The lowest BCUT2D eigenvalue weighted by Crippen LogP contribution is -2.40. The third-order valence-electron chi connectivity index (χ3n) is 5.98. The van der Waals surface area contributed by atoms with Gasteiger partial charge >= 0.3 is 0 Å². The number of carbonyl (C=O) groups is 1. The molecule has 4 aliphatic heterocycles. The zero-order chi connectivity index (χ0) is 19.1. The van der Waals surface area contributed by atoms with Gasteiger partial charge in [0.15, 0.2) is 5.76 Å². The van der Waals surface area contributed by atoms with Crippen molar-refractivity contribution >= 4 is 24.2 Å².